The Morgan fingerprint density at radius 1 is 1.31 bits per heavy atom. The van der Waals surface area contributed by atoms with Crippen molar-refractivity contribution in [3.8, 4) is 0 Å². The van der Waals surface area contributed by atoms with Crippen molar-refractivity contribution in [2.45, 2.75) is 13.8 Å². The summed E-state index contributed by atoms with van der Waals surface area (Å²) in [4.78, 5) is 5.80. The van der Waals surface area contributed by atoms with Crippen LogP contribution in [0.15, 0.2) is 47.9 Å². The van der Waals surface area contributed by atoms with Gasteiger partial charge in [-0.05, 0) is 19.4 Å². The first-order chi connectivity index (χ1) is 6.15. The Labute approximate surface area is 80.3 Å². The van der Waals surface area contributed by atoms with E-state index in [-0.39, 0.29) is 0 Å². The summed E-state index contributed by atoms with van der Waals surface area (Å²) < 4.78 is 0. The van der Waals surface area contributed by atoms with Crippen molar-refractivity contribution in [3.63, 3.8) is 0 Å². The second-order valence-electron chi connectivity index (χ2n) is 2.64. The summed E-state index contributed by atoms with van der Waals surface area (Å²) >= 11 is 0. The van der Waals surface area contributed by atoms with Gasteiger partial charge in [0.25, 0.3) is 0 Å². The number of hydrogen-bond acceptors (Lipinski definition) is 1. The second-order valence-corrected chi connectivity index (χ2v) is 2.64. The molecular formula is C11H16N2. The monoisotopic (exact) mass is 176 g/mol. The summed E-state index contributed by atoms with van der Waals surface area (Å²) in [6, 6.07) is 0. The van der Waals surface area contributed by atoms with Crippen LogP contribution in [0.1, 0.15) is 13.8 Å². The largest absolute Gasteiger partial charge is 0.310 e. The van der Waals surface area contributed by atoms with Crippen LogP contribution in [-0.2, 0) is 0 Å². The average Bonchev–Trinajstić information content (AvgIpc) is 2.11. The molecule has 0 N–H and O–H groups in total. The van der Waals surface area contributed by atoms with Crippen molar-refractivity contribution in [2.75, 3.05) is 7.05 Å². The van der Waals surface area contributed by atoms with Gasteiger partial charge in [0.05, 0.1) is 0 Å². The van der Waals surface area contributed by atoms with Crippen molar-refractivity contribution in [1.29, 1.82) is 0 Å². The molecule has 0 aromatic heterocycles. The van der Waals surface area contributed by atoms with E-state index in [1.807, 2.05) is 13.8 Å². The Kier molecular flexibility index (Phi) is 5.33. The van der Waals surface area contributed by atoms with Crippen molar-refractivity contribution in [1.82, 2.24) is 4.90 Å². The highest BCUT2D eigenvalue weighted by Gasteiger charge is 1.96. The Morgan fingerprint density at radius 3 is 2.15 bits per heavy atom. The minimum atomic E-state index is 0.770. The van der Waals surface area contributed by atoms with E-state index in [9.17, 15) is 0 Å². The maximum Gasteiger partial charge on any atom is 0.139 e. The number of nitrogens with zero attached hydrogens (tertiary/aromatic N) is 2. The van der Waals surface area contributed by atoms with E-state index >= 15 is 0 Å². The maximum absolute atomic E-state index is 4.07. The van der Waals surface area contributed by atoms with Gasteiger partial charge in [-0.2, -0.15) is 0 Å². The molecular weight excluding hydrogens is 160 g/mol. The smallest absolute Gasteiger partial charge is 0.139 e. The van der Waals surface area contributed by atoms with E-state index in [0.717, 1.165) is 11.4 Å². The first kappa shape index (κ1) is 11.5. The third kappa shape index (κ3) is 4.14. The van der Waals surface area contributed by atoms with Crippen LogP contribution in [0.5, 0.6) is 0 Å². The maximum atomic E-state index is 4.07. The van der Waals surface area contributed by atoms with Crippen molar-refractivity contribution in [3.05, 3.63) is 42.9 Å². The zero-order valence-electron chi connectivity index (χ0n) is 8.54. The molecule has 0 fully saturated rings. The van der Waals surface area contributed by atoms with E-state index < -0.39 is 0 Å². The number of rotatable bonds is 3. The van der Waals surface area contributed by atoms with E-state index in [2.05, 4.69) is 23.9 Å². The van der Waals surface area contributed by atoms with Gasteiger partial charge in [-0.15, -0.1) is 5.73 Å². The molecule has 0 saturated carbocycles. The van der Waals surface area contributed by atoms with E-state index in [1.165, 1.54) is 0 Å². The van der Waals surface area contributed by atoms with Gasteiger partial charge in [-0.3, -0.25) is 4.99 Å². The van der Waals surface area contributed by atoms with Gasteiger partial charge < -0.3 is 4.90 Å². The van der Waals surface area contributed by atoms with Gasteiger partial charge in [-0.1, -0.05) is 13.2 Å². The average molecular weight is 176 g/mol. The zero-order valence-corrected chi connectivity index (χ0v) is 8.54. The molecule has 0 rings (SSSR count). The minimum Gasteiger partial charge on any atom is -0.310 e. The van der Waals surface area contributed by atoms with Gasteiger partial charge >= 0.3 is 0 Å². The predicted octanol–water partition coefficient (Wildman–Crippen LogP) is 2.73. The molecule has 0 spiro atoms. The predicted molar refractivity (Wildman–Crippen MR) is 58.5 cm³/mol. The fraction of sp³-hybridized carbons (Fsp3) is 0.273. The standard InChI is InChI=1S/C11H16N2/c1-6-13(7-2)11(12-5)9-8-10(3)4/h6-7,9H,1-2H2,3-5H3. The number of aliphatic imine (C=N–C) groups is 1. The van der Waals surface area contributed by atoms with Crippen LogP contribution in [0.3, 0.4) is 0 Å². The van der Waals surface area contributed by atoms with Crippen molar-refractivity contribution < 1.29 is 0 Å². The molecule has 0 atom stereocenters. The van der Waals surface area contributed by atoms with E-state index in [4.69, 9.17) is 0 Å². The van der Waals surface area contributed by atoms with E-state index in [1.54, 1.807) is 30.4 Å². The quantitative estimate of drug-likeness (QED) is 0.367. The third-order valence-corrected chi connectivity index (χ3v) is 1.38. The minimum absolute atomic E-state index is 0.770. The summed E-state index contributed by atoms with van der Waals surface area (Å²) in [6.45, 7) is 11.3. The molecule has 0 aliphatic carbocycles. The topological polar surface area (TPSA) is 15.6 Å². The van der Waals surface area contributed by atoms with Crippen LogP contribution in [0.25, 0.3) is 0 Å². The van der Waals surface area contributed by atoms with Crippen molar-refractivity contribution in [2.24, 2.45) is 4.99 Å². The van der Waals surface area contributed by atoms with Gasteiger partial charge in [0.1, 0.15) is 5.84 Å². The lowest BCUT2D eigenvalue weighted by Gasteiger charge is -2.12. The Balaban J connectivity index is 4.83. The SMILES string of the molecule is C=CN(C=C)C(C=C=C(C)C)=NC. The first-order valence-electron chi connectivity index (χ1n) is 4.05. The summed E-state index contributed by atoms with van der Waals surface area (Å²) in [5.74, 6) is 0.770. The van der Waals surface area contributed by atoms with Crippen LogP contribution in [0, 0.1) is 0 Å². The van der Waals surface area contributed by atoms with Crippen molar-refractivity contribution >= 4 is 5.84 Å². The highest BCUT2D eigenvalue weighted by atomic mass is 15.1. The van der Waals surface area contributed by atoms with Gasteiger partial charge in [0.15, 0.2) is 0 Å². The molecule has 0 aromatic carbocycles. The highest BCUT2D eigenvalue weighted by Crippen LogP contribution is 1.95. The molecule has 0 radical (unpaired) electrons. The normalized spacial score (nSPS) is 9.92. The summed E-state index contributed by atoms with van der Waals surface area (Å²) in [5, 5.41) is 0. The summed E-state index contributed by atoms with van der Waals surface area (Å²) in [7, 11) is 1.72. The Hall–Kier alpha value is -1.53. The van der Waals surface area contributed by atoms with Crippen LogP contribution in [-0.4, -0.2) is 17.8 Å². The molecule has 70 valence electrons. The highest BCUT2D eigenvalue weighted by molar-refractivity contribution is 5.94. The molecule has 0 heterocycles. The molecule has 0 amide bonds. The summed E-state index contributed by atoms with van der Waals surface area (Å²) in [6.07, 6.45) is 5.11. The third-order valence-electron chi connectivity index (χ3n) is 1.38. The van der Waals surface area contributed by atoms with Crippen LogP contribution < -0.4 is 0 Å². The lowest BCUT2D eigenvalue weighted by molar-refractivity contribution is 0.767. The van der Waals surface area contributed by atoms with Gasteiger partial charge in [0, 0.05) is 25.5 Å². The molecule has 0 aliphatic rings. The molecule has 2 heteroatoms. The Bertz CT molecular complexity index is 266. The molecule has 0 bridgehead atoms. The molecule has 0 unspecified atom stereocenters. The van der Waals surface area contributed by atoms with Crippen LogP contribution in [0.2, 0.25) is 0 Å². The molecule has 2 nitrogen and oxygen atoms in total. The summed E-state index contributed by atoms with van der Waals surface area (Å²) in [5.41, 5.74) is 4.18. The number of hydrogen-bond donors (Lipinski definition) is 0. The molecule has 0 aromatic rings. The lowest BCUT2D eigenvalue weighted by Crippen LogP contribution is -2.16. The molecule has 0 saturated heterocycles. The van der Waals surface area contributed by atoms with Gasteiger partial charge in [-0.25, -0.2) is 0 Å². The Morgan fingerprint density at radius 2 is 1.85 bits per heavy atom. The fourth-order valence-corrected chi connectivity index (χ4v) is 0.725. The molecule has 0 aliphatic heterocycles. The zero-order chi connectivity index (χ0) is 10.3. The molecule has 13 heavy (non-hydrogen) atoms. The van der Waals surface area contributed by atoms with E-state index in [0.29, 0.717) is 0 Å². The number of amidine groups is 1. The van der Waals surface area contributed by atoms with Gasteiger partial charge in [0.2, 0.25) is 0 Å². The second kappa shape index (κ2) is 6.04. The van der Waals surface area contributed by atoms with Crippen LogP contribution in [0.4, 0.5) is 0 Å². The lowest BCUT2D eigenvalue weighted by atomic mass is 10.3. The van der Waals surface area contributed by atoms with Crippen LogP contribution >= 0.6 is 0 Å². The first-order valence-corrected chi connectivity index (χ1v) is 4.05. The fourth-order valence-electron chi connectivity index (χ4n) is 0.725.